The van der Waals surface area contributed by atoms with E-state index in [0.29, 0.717) is 13.1 Å². The van der Waals surface area contributed by atoms with Crippen molar-refractivity contribution in [3.05, 3.63) is 21.4 Å². The first-order valence-electron chi connectivity index (χ1n) is 6.96. The zero-order chi connectivity index (χ0) is 16.5. The van der Waals surface area contributed by atoms with Crippen molar-refractivity contribution in [3.63, 3.8) is 0 Å². The maximum Gasteiger partial charge on any atom is 0.410 e. The van der Waals surface area contributed by atoms with Crippen molar-refractivity contribution in [2.75, 3.05) is 12.8 Å². The average Bonchev–Trinajstić information content (AvgIpc) is 2.75. The van der Waals surface area contributed by atoms with E-state index in [0.717, 1.165) is 23.1 Å². The Hall–Kier alpha value is -1.12. The summed E-state index contributed by atoms with van der Waals surface area (Å²) in [6.45, 7) is 6.65. The van der Waals surface area contributed by atoms with Crippen LogP contribution in [0.4, 0.5) is 4.79 Å². The highest BCUT2D eigenvalue weighted by molar-refractivity contribution is 7.85. The Morgan fingerprint density at radius 2 is 2.09 bits per heavy atom. The normalized spacial score (nSPS) is 15.5. The van der Waals surface area contributed by atoms with Crippen LogP contribution in [0.5, 0.6) is 0 Å². The molecule has 0 aliphatic carbocycles. The van der Waals surface area contributed by atoms with Gasteiger partial charge in [-0.3, -0.25) is 4.18 Å². The number of fused-ring (bicyclic) bond motifs is 1. The molecule has 0 saturated carbocycles. The van der Waals surface area contributed by atoms with Crippen molar-refractivity contribution in [2.45, 2.75) is 45.9 Å². The fourth-order valence-electron chi connectivity index (χ4n) is 2.11. The molecule has 0 spiro atoms. The number of carbonyl (C=O) groups excluding carboxylic acids is 1. The van der Waals surface area contributed by atoms with E-state index >= 15 is 0 Å². The van der Waals surface area contributed by atoms with Crippen LogP contribution in [-0.2, 0) is 38.6 Å². The van der Waals surface area contributed by atoms with E-state index < -0.39 is 15.7 Å². The molecule has 0 aromatic carbocycles. The van der Waals surface area contributed by atoms with E-state index in [4.69, 9.17) is 8.92 Å². The maximum absolute atomic E-state index is 12.1. The number of thiophene rings is 1. The molecule has 6 nitrogen and oxygen atoms in total. The van der Waals surface area contributed by atoms with Crippen molar-refractivity contribution in [1.82, 2.24) is 4.90 Å². The van der Waals surface area contributed by atoms with Crippen molar-refractivity contribution in [3.8, 4) is 0 Å². The molecule has 0 saturated heterocycles. The van der Waals surface area contributed by atoms with E-state index in [9.17, 15) is 13.2 Å². The summed E-state index contributed by atoms with van der Waals surface area (Å²) in [6.07, 6.45) is 1.46. The predicted octanol–water partition coefficient (Wildman–Crippen LogP) is 2.52. The fourth-order valence-corrected chi connectivity index (χ4v) is 3.61. The SMILES string of the molecule is CC(C)(C)OC(=O)N1CCc2sc(COS(C)(=O)=O)cc2C1. The van der Waals surface area contributed by atoms with Gasteiger partial charge < -0.3 is 9.64 Å². The summed E-state index contributed by atoms with van der Waals surface area (Å²) >= 11 is 1.53. The first kappa shape index (κ1) is 17.2. The van der Waals surface area contributed by atoms with Crippen LogP contribution < -0.4 is 0 Å². The van der Waals surface area contributed by atoms with Gasteiger partial charge in [-0.1, -0.05) is 0 Å². The Labute approximate surface area is 135 Å². The lowest BCUT2D eigenvalue weighted by Gasteiger charge is -2.29. The first-order chi connectivity index (χ1) is 10.0. The number of ether oxygens (including phenoxy) is 1. The molecule has 0 N–H and O–H groups in total. The quantitative estimate of drug-likeness (QED) is 0.786. The second-order valence-electron chi connectivity index (χ2n) is 6.28. The minimum absolute atomic E-state index is 0.0446. The molecule has 1 aromatic heterocycles. The fraction of sp³-hybridized carbons (Fsp3) is 0.643. The smallest absolute Gasteiger partial charge is 0.410 e. The number of carbonyl (C=O) groups is 1. The molecular formula is C14H21NO5S2. The van der Waals surface area contributed by atoms with Crippen molar-refractivity contribution >= 4 is 27.5 Å². The summed E-state index contributed by atoms with van der Waals surface area (Å²) in [5.74, 6) is 0. The Balaban J connectivity index is 2.02. The van der Waals surface area contributed by atoms with E-state index in [1.807, 2.05) is 26.8 Å². The number of hydrogen-bond acceptors (Lipinski definition) is 6. The third-order valence-corrected chi connectivity index (χ3v) is 4.74. The van der Waals surface area contributed by atoms with Crippen LogP contribution in [0.2, 0.25) is 0 Å². The van der Waals surface area contributed by atoms with Gasteiger partial charge in [0.05, 0.1) is 12.8 Å². The van der Waals surface area contributed by atoms with Gasteiger partial charge in [-0.15, -0.1) is 11.3 Å². The highest BCUT2D eigenvalue weighted by atomic mass is 32.2. The summed E-state index contributed by atoms with van der Waals surface area (Å²) in [5.41, 5.74) is 0.523. The van der Waals surface area contributed by atoms with Crippen molar-refractivity contribution in [1.29, 1.82) is 0 Å². The minimum Gasteiger partial charge on any atom is -0.444 e. The van der Waals surface area contributed by atoms with Gasteiger partial charge in [0.15, 0.2) is 0 Å². The van der Waals surface area contributed by atoms with E-state index in [-0.39, 0.29) is 12.7 Å². The topological polar surface area (TPSA) is 72.9 Å². The van der Waals surface area contributed by atoms with Crippen molar-refractivity contribution < 1.29 is 22.1 Å². The highest BCUT2D eigenvalue weighted by Gasteiger charge is 2.27. The third-order valence-electron chi connectivity index (χ3n) is 2.98. The second kappa shape index (κ2) is 6.17. The van der Waals surface area contributed by atoms with Crippen molar-refractivity contribution in [2.24, 2.45) is 0 Å². The summed E-state index contributed by atoms with van der Waals surface area (Å²) in [5, 5.41) is 0. The molecule has 0 atom stereocenters. The van der Waals surface area contributed by atoms with Crippen LogP contribution in [0.15, 0.2) is 6.07 Å². The third kappa shape index (κ3) is 4.96. The molecule has 8 heteroatoms. The van der Waals surface area contributed by atoms with Crippen LogP contribution in [-0.4, -0.2) is 37.8 Å². The zero-order valence-electron chi connectivity index (χ0n) is 13.2. The molecule has 0 fully saturated rings. The lowest BCUT2D eigenvalue weighted by Crippen LogP contribution is -2.39. The molecule has 2 heterocycles. The van der Waals surface area contributed by atoms with Crippen LogP contribution >= 0.6 is 11.3 Å². The Bertz CT molecular complexity index is 657. The van der Waals surface area contributed by atoms with Crippen LogP contribution in [0.3, 0.4) is 0 Å². The Morgan fingerprint density at radius 1 is 1.41 bits per heavy atom. The van der Waals surface area contributed by atoms with Gasteiger partial charge in [0.1, 0.15) is 12.2 Å². The zero-order valence-corrected chi connectivity index (χ0v) is 14.8. The molecule has 124 valence electrons. The molecule has 0 unspecified atom stereocenters. The number of amides is 1. The number of rotatable bonds is 3. The molecular weight excluding hydrogens is 326 g/mol. The van der Waals surface area contributed by atoms with Gasteiger partial charge in [-0.25, -0.2) is 4.79 Å². The molecule has 0 bridgehead atoms. The van der Waals surface area contributed by atoms with Gasteiger partial charge >= 0.3 is 6.09 Å². The molecule has 1 aromatic rings. The van der Waals surface area contributed by atoms with E-state index in [1.165, 1.54) is 16.2 Å². The lowest BCUT2D eigenvalue weighted by molar-refractivity contribution is 0.0225. The molecule has 1 aliphatic rings. The van der Waals surface area contributed by atoms with Crippen LogP contribution in [0.25, 0.3) is 0 Å². The number of hydrogen-bond donors (Lipinski definition) is 0. The minimum atomic E-state index is -3.45. The summed E-state index contributed by atoms with van der Waals surface area (Å²) in [6, 6.07) is 1.90. The van der Waals surface area contributed by atoms with E-state index in [2.05, 4.69) is 0 Å². The van der Waals surface area contributed by atoms with Crippen LogP contribution in [0.1, 0.15) is 36.1 Å². The summed E-state index contributed by atoms with van der Waals surface area (Å²) in [4.78, 5) is 15.8. The standard InChI is InChI=1S/C14H21NO5S2/c1-14(2,3)20-13(16)15-6-5-12-10(8-15)7-11(21-12)9-19-22(4,17)18/h7H,5-6,8-9H2,1-4H3. The predicted molar refractivity (Wildman–Crippen MR) is 84.3 cm³/mol. The summed E-state index contributed by atoms with van der Waals surface area (Å²) in [7, 11) is -3.45. The van der Waals surface area contributed by atoms with Gasteiger partial charge in [0.2, 0.25) is 0 Å². The molecule has 22 heavy (non-hydrogen) atoms. The van der Waals surface area contributed by atoms with Gasteiger partial charge in [-0.05, 0) is 38.8 Å². The summed E-state index contributed by atoms with van der Waals surface area (Å²) < 4.78 is 32.3. The lowest BCUT2D eigenvalue weighted by atomic mass is 10.1. The van der Waals surface area contributed by atoms with Crippen LogP contribution in [0, 0.1) is 0 Å². The second-order valence-corrected chi connectivity index (χ2v) is 9.14. The van der Waals surface area contributed by atoms with E-state index in [1.54, 1.807) is 4.90 Å². The average molecular weight is 347 g/mol. The number of nitrogens with zero attached hydrogens (tertiary/aromatic N) is 1. The molecule has 1 aliphatic heterocycles. The first-order valence-corrected chi connectivity index (χ1v) is 9.59. The van der Waals surface area contributed by atoms with Gasteiger partial charge in [-0.2, -0.15) is 8.42 Å². The Morgan fingerprint density at radius 3 is 2.68 bits per heavy atom. The highest BCUT2D eigenvalue weighted by Crippen LogP contribution is 2.29. The van der Waals surface area contributed by atoms with Gasteiger partial charge in [0, 0.05) is 16.3 Å². The maximum atomic E-state index is 12.1. The Kier molecular flexibility index (Phi) is 4.84. The largest absolute Gasteiger partial charge is 0.444 e. The molecule has 1 amide bonds. The molecule has 2 rings (SSSR count). The van der Waals surface area contributed by atoms with Gasteiger partial charge in [0.25, 0.3) is 10.1 Å². The monoisotopic (exact) mass is 347 g/mol. The molecule has 0 radical (unpaired) electrons.